The van der Waals surface area contributed by atoms with E-state index in [-0.39, 0.29) is 18.1 Å². The fraction of sp³-hybridized carbons (Fsp3) is 0.429. The Morgan fingerprint density at radius 3 is 2.63 bits per heavy atom. The molecule has 0 radical (unpaired) electrons. The maximum Gasteiger partial charge on any atom is 0.316 e. The van der Waals surface area contributed by atoms with E-state index in [0.717, 1.165) is 30.5 Å². The number of hydrogen-bond donors (Lipinski definition) is 0. The SMILES string of the molecule is CCc1cnc(O[C@H]2CC3CC2N(C(=O)c2nc(C)ccc2-n2nccn2)C3)nc1. The molecule has 2 fully saturated rings. The van der Waals surface area contributed by atoms with Crippen molar-refractivity contribution in [1.82, 2.24) is 34.8 Å². The third kappa shape index (κ3) is 3.30. The highest BCUT2D eigenvalue weighted by atomic mass is 16.5. The Bertz CT molecular complexity index is 1050. The number of hydrogen-bond acceptors (Lipinski definition) is 7. The Morgan fingerprint density at radius 1 is 1.17 bits per heavy atom. The van der Waals surface area contributed by atoms with E-state index in [4.69, 9.17) is 4.74 Å². The first-order valence-electron chi connectivity index (χ1n) is 10.2. The van der Waals surface area contributed by atoms with Gasteiger partial charge in [0.2, 0.25) is 0 Å². The van der Waals surface area contributed by atoms with Gasteiger partial charge in [0.1, 0.15) is 11.8 Å². The zero-order valence-corrected chi connectivity index (χ0v) is 17.0. The molecular formula is C21H23N7O2. The summed E-state index contributed by atoms with van der Waals surface area (Å²) in [6, 6.07) is 4.04. The van der Waals surface area contributed by atoms with Crippen LogP contribution in [0.5, 0.6) is 6.01 Å². The number of aromatic nitrogens is 6. The number of likely N-dealkylation sites (tertiary alicyclic amines) is 1. The van der Waals surface area contributed by atoms with Gasteiger partial charge in [0.15, 0.2) is 5.69 Å². The maximum absolute atomic E-state index is 13.5. The van der Waals surface area contributed by atoms with Crippen LogP contribution in [0, 0.1) is 12.8 Å². The van der Waals surface area contributed by atoms with Gasteiger partial charge in [-0.3, -0.25) is 4.79 Å². The van der Waals surface area contributed by atoms with E-state index in [1.54, 1.807) is 24.8 Å². The molecule has 2 bridgehead atoms. The van der Waals surface area contributed by atoms with Gasteiger partial charge in [0.25, 0.3) is 5.91 Å². The summed E-state index contributed by atoms with van der Waals surface area (Å²) >= 11 is 0. The maximum atomic E-state index is 13.5. The number of carbonyl (C=O) groups excluding carboxylic acids is 1. The van der Waals surface area contributed by atoms with Gasteiger partial charge in [-0.1, -0.05) is 6.92 Å². The van der Waals surface area contributed by atoms with Crippen LogP contribution in [-0.2, 0) is 6.42 Å². The molecule has 1 aliphatic heterocycles. The zero-order valence-electron chi connectivity index (χ0n) is 17.0. The van der Waals surface area contributed by atoms with Crippen molar-refractivity contribution >= 4 is 5.91 Å². The predicted molar refractivity (Wildman–Crippen MR) is 107 cm³/mol. The van der Waals surface area contributed by atoms with E-state index in [2.05, 4.69) is 32.1 Å². The summed E-state index contributed by atoms with van der Waals surface area (Å²) < 4.78 is 6.08. The highest BCUT2D eigenvalue weighted by Gasteiger charge is 2.49. The summed E-state index contributed by atoms with van der Waals surface area (Å²) in [5.74, 6) is 0.295. The average Bonchev–Trinajstić information content (AvgIpc) is 3.51. The number of aryl methyl sites for hydroxylation is 2. The monoisotopic (exact) mass is 405 g/mol. The lowest BCUT2D eigenvalue weighted by atomic mass is 10.1. The van der Waals surface area contributed by atoms with E-state index in [1.807, 2.05) is 24.0 Å². The first kappa shape index (κ1) is 18.7. The molecule has 4 heterocycles. The molecule has 1 saturated heterocycles. The summed E-state index contributed by atoms with van der Waals surface area (Å²) in [6.07, 6.45) is 9.34. The molecular weight excluding hydrogens is 382 g/mol. The molecule has 3 aromatic rings. The third-order valence-corrected chi connectivity index (χ3v) is 5.88. The summed E-state index contributed by atoms with van der Waals surface area (Å²) in [5, 5.41) is 8.34. The van der Waals surface area contributed by atoms with Crippen molar-refractivity contribution in [3.05, 3.63) is 53.9 Å². The molecule has 30 heavy (non-hydrogen) atoms. The lowest BCUT2D eigenvalue weighted by molar-refractivity contribution is 0.0447. The quantitative estimate of drug-likeness (QED) is 0.640. The lowest BCUT2D eigenvalue weighted by Crippen LogP contribution is -2.47. The molecule has 0 aromatic carbocycles. The lowest BCUT2D eigenvalue weighted by Gasteiger charge is -2.33. The molecule has 2 aliphatic rings. The van der Waals surface area contributed by atoms with Gasteiger partial charge < -0.3 is 9.64 Å². The molecule has 3 atom stereocenters. The highest BCUT2D eigenvalue weighted by Crippen LogP contribution is 2.40. The smallest absolute Gasteiger partial charge is 0.316 e. The standard InChI is InChI=1S/C21H23N7O2/c1-3-14-10-22-21(23-11-14)30-18-9-15-8-17(18)27(12-15)20(29)19-16(5-4-13(2)26-19)28-24-6-7-25-28/h4-7,10-11,15,17-18H,3,8-9,12H2,1-2H3/t15?,17?,18-/m0/s1. The second-order valence-corrected chi connectivity index (χ2v) is 7.88. The van der Waals surface area contributed by atoms with Gasteiger partial charge in [-0.15, -0.1) is 4.80 Å². The average molecular weight is 405 g/mol. The topological polar surface area (TPSA) is 98.9 Å². The Balaban J connectivity index is 1.39. The van der Waals surface area contributed by atoms with Gasteiger partial charge in [-0.25, -0.2) is 15.0 Å². The van der Waals surface area contributed by atoms with Crippen LogP contribution in [0.15, 0.2) is 36.9 Å². The van der Waals surface area contributed by atoms with Gasteiger partial charge in [-0.2, -0.15) is 10.2 Å². The first-order chi connectivity index (χ1) is 14.6. The number of nitrogens with zero attached hydrogens (tertiary/aromatic N) is 7. The van der Waals surface area contributed by atoms with E-state index in [0.29, 0.717) is 29.9 Å². The molecule has 0 N–H and O–H groups in total. The summed E-state index contributed by atoms with van der Waals surface area (Å²) in [6.45, 7) is 4.64. The van der Waals surface area contributed by atoms with Crippen molar-refractivity contribution < 1.29 is 9.53 Å². The van der Waals surface area contributed by atoms with Gasteiger partial charge >= 0.3 is 6.01 Å². The Hall–Kier alpha value is -3.36. The van der Waals surface area contributed by atoms with Gasteiger partial charge in [0.05, 0.1) is 18.4 Å². The molecule has 1 saturated carbocycles. The normalized spacial score (nSPS) is 22.5. The number of pyridine rings is 1. The minimum Gasteiger partial charge on any atom is -0.458 e. The fourth-order valence-electron chi connectivity index (χ4n) is 4.39. The molecule has 5 rings (SSSR count). The van der Waals surface area contributed by atoms with Crippen LogP contribution in [0.1, 0.15) is 41.5 Å². The molecule has 9 heteroatoms. The molecule has 0 spiro atoms. The van der Waals surface area contributed by atoms with Gasteiger partial charge in [0, 0.05) is 24.6 Å². The molecule has 9 nitrogen and oxygen atoms in total. The van der Waals surface area contributed by atoms with Crippen LogP contribution in [0.4, 0.5) is 0 Å². The van der Waals surface area contributed by atoms with Crippen LogP contribution in [0.25, 0.3) is 5.69 Å². The number of ether oxygens (including phenoxy) is 1. The van der Waals surface area contributed by atoms with E-state index < -0.39 is 0 Å². The molecule has 154 valence electrons. The molecule has 3 aromatic heterocycles. The van der Waals surface area contributed by atoms with Crippen molar-refractivity contribution in [1.29, 1.82) is 0 Å². The second-order valence-electron chi connectivity index (χ2n) is 7.88. The summed E-state index contributed by atoms with van der Waals surface area (Å²) in [5.41, 5.74) is 2.78. The van der Waals surface area contributed by atoms with Crippen LogP contribution >= 0.6 is 0 Å². The third-order valence-electron chi connectivity index (χ3n) is 5.88. The second kappa shape index (κ2) is 7.47. The first-order valence-corrected chi connectivity index (χ1v) is 10.2. The van der Waals surface area contributed by atoms with Crippen molar-refractivity contribution in [2.45, 2.75) is 45.3 Å². The Labute approximate surface area is 174 Å². The van der Waals surface area contributed by atoms with E-state index >= 15 is 0 Å². The van der Waals surface area contributed by atoms with Crippen molar-refractivity contribution in [3.8, 4) is 11.7 Å². The highest BCUT2D eigenvalue weighted by molar-refractivity contribution is 5.96. The van der Waals surface area contributed by atoms with Crippen LogP contribution in [-0.4, -0.2) is 59.4 Å². The minimum atomic E-state index is -0.117. The van der Waals surface area contributed by atoms with Crippen molar-refractivity contribution in [2.75, 3.05) is 6.54 Å². The summed E-state index contributed by atoms with van der Waals surface area (Å²) in [7, 11) is 0. The largest absolute Gasteiger partial charge is 0.458 e. The Kier molecular flexibility index (Phi) is 4.65. The van der Waals surface area contributed by atoms with Crippen LogP contribution < -0.4 is 4.74 Å². The van der Waals surface area contributed by atoms with E-state index in [1.165, 1.54) is 4.80 Å². The number of amides is 1. The Morgan fingerprint density at radius 2 is 1.93 bits per heavy atom. The zero-order chi connectivity index (χ0) is 20.7. The van der Waals surface area contributed by atoms with E-state index in [9.17, 15) is 4.79 Å². The number of rotatable bonds is 5. The summed E-state index contributed by atoms with van der Waals surface area (Å²) in [4.78, 5) is 30.0. The van der Waals surface area contributed by atoms with Crippen molar-refractivity contribution in [2.24, 2.45) is 5.92 Å². The van der Waals surface area contributed by atoms with Crippen LogP contribution in [0.3, 0.4) is 0 Å². The number of piperidine rings is 1. The number of carbonyl (C=O) groups is 1. The predicted octanol–water partition coefficient (Wildman–Crippen LogP) is 2.01. The molecule has 1 aliphatic carbocycles. The number of fused-ring (bicyclic) bond motifs is 2. The minimum absolute atomic E-state index is 0.0160. The van der Waals surface area contributed by atoms with Gasteiger partial charge in [-0.05, 0) is 49.8 Å². The molecule has 1 amide bonds. The van der Waals surface area contributed by atoms with Crippen LogP contribution in [0.2, 0.25) is 0 Å². The van der Waals surface area contributed by atoms with Crippen molar-refractivity contribution in [3.63, 3.8) is 0 Å². The fourth-order valence-corrected chi connectivity index (χ4v) is 4.39. The molecule has 2 unspecified atom stereocenters.